The summed E-state index contributed by atoms with van der Waals surface area (Å²) in [6.07, 6.45) is 0. The van der Waals surface area contributed by atoms with Crippen LogP contribution in [0.2, 0.25) is 5.02 Å². The van der Waals surface area contributed by atoms with Gasteiger partial charge in [0.05, 0.1) is 10.9 Å². The van der Waals surface area contributed by atoms with Crippen LogP contribution in [0.4, 0.5) is 4.39 Å². The summed E-state index contributed by atoms with van der Waals surface area (Å²) in [6, 6.07) is 11.8. The highest BCUT2D eigenvalue weighted by Gasteiger charge is 2.31. The van der Waals surface area contributed by atoms with Gasteiger partial charge in [0.25, 0.3) is 0 Å². The third kappa shape index (κ3) is 5.33. The van der Waals surface area contributed by atoms with Crippen LogP contribution in [0.15, 0.2) is 53.4 Å². The molecule has 1 amide bonds. The maximum Gasteiger partial charge on any atom is 0.243 e. The SMILES string of the molecule is CC(C(=O)NCc1ccc(Cl)cc1)N1CCN(S(=O)(=O)c2cccc(F)c2)CC1. The molecule has 1 fully saturated rings. The van der Waals surface area contributed by atoms with E-state index < -0.39 is 15.8 Å². The van der Waals surface area contributed by atoms with Gasteiger partial charge in [-0.05, 0) is 42.8 Å². The molecule has 6 nitrogen and oxygen atoms in total. The smallest absolute Gasteiger partial charge is 0.243 e. The lowest BCUT2D eigenvalue weighted by Crippen LogP contribution is -2.54. The van der Waals surface area contributed by atoms with Crippen LogP contribution in [0.5, 0.6) is 0 Å². The molecule has 1 unspecified atom stereocenters. The van der Waals surface area contributed by atoms with E-state index in [0.717, 1.165) is 11.6 Å². The molecule has 3 rings (SSSR count). The van der Waals surface area contributed by atoms with Gasteiger partial charge in [0, 0.05) is 37.7 Å². The highest BCUT2D eigenvalue weighted by atomic mass is 35.5. The Kier molecular flexibility index (Phi) is 6.89. The molecule has 0 spiro atoms. The molecule has 1 saturated heterocycles. The molecular weight excluding hydrogens is 417 g/mol. The van der Waals surface area contributed by atoms with Gasteiger partial charge < -0.3 is 5.32 Å². The molecule has 1 atom stereocenters. The maximum atomic E-state index is 13.4. The highest BCUT2D eigenvalue weighted by Crippen LogP contribution is 2.19. The Morgan fingerprint density at radius 1 is 1.14 bits per heavy atom. The van der Waals surface area contributed by atoms with Gasteiger partial charge in [-0.3, -0.25) is 9.69 Å². The minimum atomic E-state index is -3.75. The van der Waals surface area contributed by atoms with E-state index in [1.54, 1.807) is 19.1 Å². The highest BCUT2D eigenvalue weighted by molar-refractivity contribution is 7.89. The zero-order valence-corrected chi connectivity index (χ0v) is 17.6. The molecule has 1 heterocycles. The number of carbonyl (C=O) groups is 1. The van der Waals surface area contributed by atoms with Crippen molar-refractivity contribution in [1.29, 1.82) is 0 Å². The van der Waals surface area contributed by atoms with Crippen LogP contribution >= 0.6 is 11.6 Å². The summed E-state index contributed by atoms with van der Waals surface area (Å²) in [6.45, 7) is 3.53. The van der Waals surface area contributed by atoms with Crippen LogP contribution in [-0.4, -0.2) is 55.8 Å². The average Bonchev–Trinajstić information content (AvgIpc) is 2.72. The van der Waals surface area contributed by atoms with Crippen molar-refractivity contribution in [3.63, 3.8) is 0 Å². The first-order valence-corrected chi connectivity index (χ1v) is 11.1. The number of hydrogen-bond acceptors (Lipinski definition) is 4. The third-order valence-corrected chi connectivity index (χ3v) is 7.16. The zero-order chi connectivity index (χ0) is 21.0. The van der Waals surface area contributed by atoms with E-state index in [-0.39, 0.29) is 29.9 Å². The molecule has 2 aromatic carbocycles. The second kappa shape index (κ2) is 9.21. The number of benzene rings is 2. The largest absolute Gasteiger partial charge is 0.351 e. The number of nitrogens with one attached hydrogen (secondary N) is 1. The second-order valence-corrected chi connectivity index (χ2v) is 9.29. The topological polar surface area (TPSA) is 69.7 Å². The molecule has 1 N–H and O–H groups in total. The van der Waals surface area contributed by atoms with Gasteiger partial charge in [-0.25, -0.2) is 12.8 Å². The Morgan fingerprint density at radius 2 is 1.79 bits per heavy atom. The van der Waals surface area contributed by atoms with E-state index in [1.165, 1.54) is 22.5 Å². The lowest BCUT2D eigenvalue weighted by atomic mass is 10.2. The molecule has 2 aromatic rings. The van der Waals surface area contributed by atoms with E-state index in [9.17, 15) is 17.6 Å². The lowest BCUT2D eigenvalue weighted by Gasteiger charge is -2.36. The van der Waals surface area contributed by atoms with Crippen LogP contribution in [0.25, 0.3) is 0 Å². The van der Waals surface area contributed by atoms with Crippen molar-refractivity contribution in [3.05, 3.63) is 64.9 Å². The van der Waals surface area contributed by atoms with Crippen molar-refractivity contribution in [2.24, 2.45) is 0 Å². The molecule has 0 radical (unpaired) electrons. The average molecular weight is 440 g/mol. The quantitative estimate of drug-likeness (QED) is 0.750. The molecule has 0 aliphatic carbocycles. The number of carbonyl (C=O) groups excluding carboxylic acids is 1. The van der Waals surface area contributed by atoms with Crippen molar-refractivity contribution >= 4 is 27.5 Å². The molecule has 156 valence electrons. The second-order valence-electron chi connectivity index (χ2n) is 6.92. The Morgan fingerprint density at radius 3 is 2.41 bits per heavy atom. The molecule has 1 aliphatic rings. The number of hydrogen-bond donors (Lipinski definition) is 1. The Hall–Kier alpha value is -2.00. The van der Waals surface area contributed by atoms with Crippen molar-refractivity contribution < 1.29 is 17.6 Å². The summed E-state index contributed by atoms with van der Waals surface area (Å²) in [5, 5.41) is 3.53. The first-order chi connectivity index (χ1) is 13.8. The van der Waals surface area contributed by atoms with Crippen LogP contribution in [0.3, 0.4) is 0 Å². The summed E-state index contributed by atoms with van der Waals surface area (Å²) in [7, 11) is -3.75. The van der Waals surface area contributed by atoms with Gasteiger partial charge >= 0.3 is 0 Å². The zero-order valence-electron chi connectivity index (χ0n) is 16.0. The standard InChI is InChI=1S/C20H23ClFN3O3S/c1-15(20(26)23-14-16-5-7-17(21)8-6-16)24-9-11-25(12-10-24)29(27,28)19-4-2-3-18(22)13-19/h2-8,13,15H,9-12,14H2,1H3,(H,23,26). The molecule has 0 aromatic heterocycles. The monoisotopic (exact) mass is 439 g/mol. The van der Waals surface area contributed by atoms with E-state index in [4.69, 9.17) is 11.6 Å². The maximum absolute atomic E-state index is 13.4. The molecular formula is C20H23ClFN3O3S. The first kappa shape index (κ1) is 21.7. The van der Waals surface area contributed by atoms with Crippen LogP contribution in [-0.2, 0) is 21.4 Å². The lowest BCUT2D eigenvalue weighted by molar-refractivity contribution is -0.126. The van der Waals surface area contributed by atoms with Crippen LogP contribution in [0.1, 0.15) is 12.5 Å². The van der Waals surface area contributed by atoms with Crippen molar-refractivity contribution in [2.75, 3.05) is 26.2 Å². The summed E-state index contributed by atoms with van der Waals surface area (Å²) < 4.78 is 40.1. The van der Waals surface area contributed by atoms with Gasteiger partial charge in [0.2, 0.25) is 15.9 Å². The summed E-state index contributed by atoms with van der Waals surface area (Å²) in [5.41, 5.74) is 0.945. The van der Waals surface area contributed by atoms with E-state index >= 15 is 0 Å². The number of halogens is 2. The number of nitrogens with zero attached hydrogens (tertiary/aromatic N) is 2. The van der Waals surface area contributed by atoms with Crippen molar-refractivity contribution in [3.8, 4) is 0 Å². The first-order valence-electron chi connectivity index (χ1n) is 9.29. The predicted molar refractivity (Wildman–Crippen MR) is 109 cm³/mol. The van der Waals surface area contributed by atoms with E-state index in [1.807, 2.05) is 17.0 Å². The molecule has 0 saturated carbocycles. The number of rotatable bonds is 6. The molecule has 9 heteroatoms. The summed E-state index contributed by atoms with van der Waals surface area (Å²) in [4.78, 5) is 14.4. The Balaban J connectivity index is 1.54. The van der Waals surface area contributed by atoms with Gasteiger partial charge in [0.15, 0.2) is 0 Å². The fourth-order valence-electron chi connectivity index (χ4n) is 3.21. The minimum Gasteiger partial charge on any atom is -0.351 e. The number of sulfonamides is 1. The van der Waals surface area contributed by atoms with Gasteiger partial charge in [0.1, 0.15) is 5.82 Å². The molecule has 1 aliphatic heterocycles. The van der Waals surface area contributed by atoms with Crippen molar-refractivity contribution in [1.82, 2.24) is 14.5 Å². The van der Waals surface area contributed by atoms with Crippen LogP contribution < -0.4 is 5.32 Å². The van der Waals surface area contributed by atoms with E-state index in [0.29, 0.717) is 24.7 Å². The van der Waals surface area contributed by atoms with Gasteiger partial charge in [-0.15, -0.1) is 0 Å². The number of amides is 1. The third-order valence-electron chi connectivity index (χ3n) is 5.01. The fraction of sp³-hybridized carbons (Fsp3) is 0.350. The molecule has 0 bridgehead atoms. The van der Waals surface area contributed by atoms with Gasteiger partial charge in [-0.1, -0.05) is 29.8 Å². The minimum absolute atomic E-state index is 0.0558. The normalized spacial score (nSPS) is 17.1. The Labute approximate surface area is 175 Å². The summed E-state index contributed by atoms with van der Waals surface area (Å²) >= 11 is 5.86. The Bertz CT molecular complexity index is 961. The van der Waals surface area contributed by atoms with E-state index in [2.05, 4.69) is 5.32 Å². The predicted octanol–water partition coefficient (Wildman–Crippen LogP) is 2.49. The summed E-state index contributed by atoms with van der Waals surface area (Å²) in [5.74, 6) is -0.711. The van der Waals surface area contributed by atoms with Crippen LogP contribution in [0, 0.1) is 5.82 Å². The van der Waals surface area contributed by atoms with Gasteiger partial charge in [-0.2, -0.15) is 4.31 Å². The number of piperazine rings is 1. The fourth-order valence-corrected chi connectivity index (χ4v) is 4.79. The van der Waals surface area contributed by atoms with Crippen molar-refractivity contribution in [2.45, 2.75) is 24.4 Å². The molecule has 29 heavy (non-hydrogen) atoms.